The van der Waals surface area contributed by atoms with Crippen LogP contribution in [0.5, 0.6) is 0 Å². The van der Waals surface area contributed by atoms with Crippen molar-refractivity contribution in [3.05, 3.63) is 28.5 Å². The maximum absolute atomic E-state index is 13.5. The number of aliphatic hydroxyl groups excluding tert-OH is 1. The number of aliphatic carboxylic acids is 1. The molecule has 2 amide bonds. The Morgan fingerprint density at radius 1 is 1.45 bits per heavy atom. The van der Waals surface area contributed by atoms with E-state index in [0.29, 0.717) is 4.47 Å². The van der Waals surface area contributed by atoms with Crippen LogP contribution >= 0.6 is 15.9 Å². The summed E-state index contributed by atoms with van der Waals surface area (Å²) in [5.41, 5.74) is -0.0603. The number of anilines is 1. The summed E-state index contributed by atoms with van der Waals surface area (Å²) in [6.45, 7) is -0.0988. The fourth-order valence-electron chi connectivity index (χ4n) is 2.05. The van der Waals surface area contributed by atoms with Crippen LogP contribution in [0.3, 0.4) is 0 Å². The maximum atomic E-state index is 13.5. The number of carbonyl (C=O) groups is 2. The van der Waals surface area contributed by atoms with Crippen molar-refractivity contribution in [2.45, 2.75) is 18.6 Å². The number of carboxylic acid groups (broad SMARTS) is 1. The van der Waals surface area contributed by atoms with Crippen molar-refractivity contribution in [2.75, 3.05) is 11.9 Å². The van der Waals surface area contributed by atoms with E-state index in [9.17, 15) is 19.1 Å². The van der Waals surface area contributed by atoms with Crippen molar-refractivity contribution in [1.82, 2.24) is 4.90 Å². The van der Waals surface area contributed by atoms with Gasteiger partial charge in [-0.2, -0.15) is 0 Å². The van der Waals surface area contributed by atoms with Crippen molar-refractivity contribution in [1.29, 1.82) is 0 Å². The second-order valence-electron chi connectivity index (χ2n) is 4.45. The Labute approximate surface area is 122 Å². The highest BCUT2D eigenvalue weighted by molar-refractivity contribution is 9.10. The van der Waals surface area contributed by atoms with Crippen LogP contribution in [0.15, 0.2) is 22.7 Å². The number of urea groups is 1. The summed E-state index contributed by atoms with van der Waals surface area (Å²) in [5, 5.41) is 20.8. The first-order valence-electron chi connectivity index (χ1n) is 5.82. The third-order valence-electron chi connectivity index (χ3n) is 2.99. The standard InChI is InChI=1S/C12H12BrFN2O4/c13-6-1-2-8(14)9(3-6)15-12(20)16-5-7(17)4-10(16)11(18)19/h1-3,7,10,17H,4-5H2,(H,15,20)(H,18,19)/t7-,10-/m0/s1. The molecule has 1 fully saturated rings. The van der Waals surface area contributed by atoms with Gasteiger partial charge in [0, 0.05) is 17.4 Å². The van der Waals surface area contributed by atoms with Crippen LogP contribution in [0.4, 0.5) is 14.9 Å². The first kappa shape index (κ1) is 14.7. The number of aliphatic hydroxyl groups is 1. The predicted octanol–water partition coefficient (Wildman–Crippen LogP) is 1.64. The molecule has 1 heterocycles. The zero-order chi connectivity index (χ0) is 14.9. The lowest BCUT2D eigenvalue weighted by molar-refractivity contribution is -0.141. The number of halogens is 2. The molecule has 0 spiro atoms. The van der Waals surface area contributed by atoms with Gasteiger partial charge in [0.2, 0.25) is 0 Å². The number of nitrogens with zero attached hydrogens (tertiary/aromatic N) is 1. The lowest BCUT2D eigenvalue weighted by Gasteiger charge is -2.21. The fourth-order valence-corrected chi connectivity index (χ4v) is 2.41. The second kappa shape index (κ2) is 5.76. The molecule has 8 heteroatoms. The molecule has 1 saturated heterocycles. The van der Waals surface area contributed by atoms with Crippen LogP contribution in [0.1, 0.15) is 6.42 Å². The molecule has 1 aromatic carbocycles. The Morgan fingerprint density at radius 3 is 2.80 bits per heavy atom. The summed E-state index contributed by atoms with van der Waals surface area (Å²) < 4.78 is 14.1. The van der Waals surface area contributed by atoms with Gasteiger partial charge in [-0.15, -0.1) is 0 Å². The maximum Gasteiger partial charge on any atom is 0.326 e. The minimum absolute atomic E-state index is 0.0380. The second-order valence-corrected chi connectivity index (χ2v) is 5.37. The lowest BCUT2D eigenvalue weighted by Crippen LogP contribution is -2.43. The van der Waals surface area contributed by atoms with Gasteiger partial charge in [0.1, 0.15) is 11.9 Å². The summed E-state index contributed by atoms with van der Waals surface area (Å²) >= 11 is 3.15. The molecule has 20 heavy (non-hydrogen) atoms. The third-order valence-corrected chi connectivity index (χ3v) is 3.49. The molecule has 1 aliphatic rings. The van der Waals surface area contributed by atoms with E-state index >= 15 is 0 Å². The highest BCUT2D eigenvalue weighted by Gasteiger charge is 2.39. The molecule has 0 aromatic heterocycles. The number of hydrogen-bond acceptors (Lipinski definition) is 3. The molecule has 0 bridgehead atoms. The number of rotatable bonds is 2. The number of hydrogen-bond donors (Lipinski definition) is 3. The Balaban J connectivity index is 2.15. The molecule has 108 valence electrons. The van der Waals surface area contributed by atoms with Gasteiger partial charge >= 0.3 is 12.0 Å². The number of carboxylic acids is 1. The number of likely N-dealkylation sites (tertiary alicyclic amines) is 1. The van der Waals surface area contributed by atoms with Gasteiger partial charge in [-0.1, -0.05) is 15.9 Å². The molecule has 0 saturated carbocycles. The highest BCUT2D eigenvalue weighted by Crippen LogP contribution is 2.23. The topological polar surface area (TPSA) is 89.9 Å². The van der Waals surface area contributed by atoms with Crippen molar-refractivity contribution in [3.63, 3.8) is 0 Å². The van der Waals surface area contributed by atoms with Gasteiger partial charge in [-0.05, 0) is 18.2 Å². The van der Waals surface area contributed by atoms with E-state index in [1.807, 2.05) is 0 Å². The van der Waals surface area contributed by atoms with Crippen molar-refractivity contribution in [2.24, 2.45) is 0 Å². The molecule has 2 atom stereocenters. The smallest absolute Gasteiger partial charge is 0.326 e. The molecule has 0 aliphatic carbocycles. The largest absolute Gasteiger partial charge is 0.480 e. The zero-order valence-electron chi connectivity index (χ0n) is 10.2. The van der Waals surface area contributed by atoms with Crippen LogP contribution in [0.2, 0.25) is 0 Å². The minimum atomic E-state index is -1.20. The van der Waals surface area contributed by atoms with Crippen LogP contribution in [0.25, 0.3) is 0 Å². The Kier molecular flexibility index (Phi) is 4.24. The quantitative estimate of drug-likeness (QED) is 0.759. The van der Waals surface area contributed by atoms with Crippen LogP contribution in [-0.4, -0.2) is 45.8 Å². The molecule has 1 aromatic rings. The normalized spacial score (nSPS) is 21.9. The average Bonchev–Trinajstić information content (AvgIpc) is 2.76. The van der Waals surface area contributed by atoms with Gasteiger partial charge in [0.15, 0.2) is 0 Å². The number of amides is 2. The molecule has 6 nitrogen and oxygen atoms in total. The van der Waals surface area contributed by atoms with Gasteiger partial charge in [-0.3, -0.25) is 0 Å². The summed E-state index contributed by atoms with van der Waals surface area (Å²) in [6, 6.07) is 2.15. The van der Waals surface area contributed by atoms with Gasteiger partial charge in [0.25, 0.3) is 0 Å². The summed E-state index contributed by atoms with van der Waals surface area (Å²) in [5.74, 6) is -1.83. The van der Waals surface area contributed by atoms with Gasteiger partial charge in [0.05, 0.1) is 11.8 Å². The first-order chi connectivity index (χ1) is 9.38. The van der Waals surface area contributed by atoms with E-state index in [4.69, 9.17) is 5.11 Å². The fraction of sp³-hybridized carbons (Fsp3) is 0.333. The van der Waals surface area contributed by atoms with Crippen molar-refractivity contribution >= 4 is 33.6 Å². The molecule has 2 rings (SSSR count). The number of benzene rings is 1. The van der Waals surface area contributed by atoms with Crippen LogP contribution in [-0.2, 0) is 4.79 Å². The molecule has 0 unspecified atom stereocenters. The summed E-state index contributed by atoms with van der Waals surface area (Å²) in [7, 11) is 0. The zero-order valence-corrected chi connectivity index (χ0v) is 11.8. The van der Waals surface area contributed by atoms with Gasteiger partial charge in [-0.25, -0.2) is 14.0 Å². The molecule has 0 radical (unpaired) electrons. The Hall–Kier alpha value is -1.67. The summed E-state index contributed by atoms with van der Waals surface area (Å²) in [6.07, 6.45) is -0.932. The number of carbonyl (C=O) groups excluding carboxylic acids is 1. The molecule has 1 aliphatic heterocycles. The van der Waals surface area contributed by atoms with E-state index in [1.54, 1.807) is 0 Å². The SMILES string of the molecule is O=C(O)[C@@H]1C[C@H](O)CN1C(=O)Nc1cc(Br)ccc1F. The Morgan fingerprint density at radius 2 is 2.15 bits per heavy atom. The minimum Gasteiger partial charge on any atom is -0.480 e. The first-order valence-corrected chi connectivity index (χ1v) is 6.61. The van der Waals surface area contributed by atoms with Gasteiger partial charge < -0.3 is 20.4 Å². The van der Waals surface area contributed by atoms with Crippen molar-refractivity contribution in [3.8, 4) is 0 Å². The lowest BCUT2D eigenvalue weighted by atomic mass is 10.2. The van der Waals surface area contributed by atoms with Crippen LogP contribution < -0.4 is 5.32 Å². The van der Waals surface area contributed by atoms with Crippen LogP contribution in [0, 0.1) is 5.82 Å². The van der Waals surface area contributed by atoms with E-state index in [2.05, 4.69) is 21.2 Å². The summed E-state index contributed by atoms with van der Waals surface area (Å²) in [4.78, 5) is 24.0. The monoisotopic (exact) mass is 346 g/mol. The average molecular weight is 347 g/mol. The third kappa shape index (κ3) is 3.07. The Bertz CT molecular complexity index is 554. The number of β-amino-alcohol motifs (C(OH)–C–C–N with tert-alkyl or cyclic N) is 1. The predicted molar refractivity (Wildman–Crippen MR) is 71.9 cm³/mol. The highest BCUT2D eigenvalue weighted by atomic mass is 79.9. The molecular weight excluding hydrogens is 335 g/mol. The number of nitrogens with one attached hydrogen (secondary N) is 1. The van der Waals surface area contributed by atoms with E-state index in [0.717, 1.165) is 4.90 Å². The van der Waals surface area contributed by atoms with E-state index in [1.165, 1.54) is 18.2 Å². The van der Waals surface area contributed by atoms with E-state index in [-0.39, 0.29) is 18.7 Å². The van der Waals surface area contributed by atoms with E-state index < -0.39 is 30.0 Å². The molecule has 3 N–H and O–H groups in total. The van der Waals surface area contributed by atoms with Crippen molar-refractivity contribution < 1.29 is 24.2 Å². The molecular formula is C12H12BrFN2O4.